The Morgan fingerprint density at radius 1 is 0.957 bits per heavy atom. The largest absolute Gasteiger partial charge is 0.379 e. The molecular formula is C15H11N3O5. The van der Waals surface area contributed by atoms with Gasteiger partial charge in [0.25, 0.3) is 5.69 Å². The van der Waals surface area contributed by atoms with E-state index >= 15 is 0 Å². The van der Waals surface area contributed by atoms with Gasteiger partial charge in [0.05, 0.1) is 4.92 Å². The van der Waals surface area contributed by atoms with Crippen LogP contribution in [0.2, 0.25) is 0 Å². The molecule has 116 valence electrons. The van der Waals surface area contributed by atoms with Gasteiger partial charge in [-0.25, -0.2) is 0 Å². The zero-order valence-corrected chi connectivity index (χ0v) is 11.7. The first-order valence-corrected chi connectivity index (χ1v) is 6.75. The second-order valence-corrected chi connectivity index (χ2v) is 4.95. The van der Waals surface area contributed by atoms with Gasteiger partial charge in [0.2, 0.25) is 6.10 Å². The zero-order chi connectivity index (χ0) is 16.4. The minimum Gasteiger partial charge on any atom is -0.379 e. The summed E-state index contributed by atoms with van der Waals surface area (Å²) in [5.41, 5.74) is 1.13. The third-order valence-electron chi connectivity index (χ3n) is 3.56. The van der Waals surface area contributed by atoms with Crippen LogP contribution in [0, 0.1) is 20.2 Å². The van der Waals surface area contributed by atoms with Gasteiger partial charge in [0.1, 0.15) is 0 Å². The number of nitro groups is 2. The van der Waals surface area contributed by atoms with Crippen molar-refractivity contribution in [2.45, 2.75) is 12.1 Å². The zero-order valence-electron chi connectivity index (χ0n) is 11.7. The molecule has 0 aliphatic carbocycles. The van der Waals surface area contributed by atoms with E-state index in [4.69, 9.17) is 4.84 Å². The second-order valence-electron chi connectivity index (χ2n) is 4.95. The van der Waals surface area contributed by atoms with Gasteiger partial charge in [-0.15, -0.1) is 0 Å². The Balaban J connectivity index is 1.93. The van der Waals surface area contributed by atoms with Crippen molar-refractivity contribution in [3.63, 3.8) is 0 Å². The van der Waals surface area contributed by atoms with Crippen LogP contribution in [0.15, 0.2) is 59.8 Å². The lowest BCUT2D eigenvalue weighted by Crippen LogP contribution is -2.32. The van der Waals surface area contributed by atoms with Crippen LogP contribution in [0.5, 0.6) is 0 Å². The molecule has 1 aliphatic heterocycles. The Kier molecular flexibility index (Phi) is 3.71. The molecule has 0 aromatic heterocycles. The molecule has 3 rings (SSSR count). The van der Waals surface area contributed by atoms with Gasteiger partial charge in [-0.1, -0.05) is 35.5 Å². The number of oxime groups is 1. The number of hydrogen-bond donors (Lipinski definition) is 0. The average molecular weight is 313 g/mol. The summed E-state index contributed by atoms with van der Waals surface area (Å²) < 4.78 is 0. The van der Waals surface area contributed by atoms with Gasteiger partial charge in [0.15, 0.2) is 5.71 Å². The summed E-state index contributed by atoms with van der Waals surface area (Å²) in [6, 6.07) is 13.1. The van der Waals surface area contributed by atoms with Gasteiger partial charge < -0.3 is 4.84 Å². The Morgan fingerprint density at radius 3 is 2.17 bits per heavy atom. The van der Waals surface area contributed by atoms with E-state index in [0.29, 0.717) is 11.1 Å². The van der Waals surface area contributed by atoms with Crippen LogP contribution in [0.25, 0.3) is 0 Å². The highest BCUT2D eigenvalue weighted by Crippen LogP contribution is 2.32. The molecule has 1 heterocycles. The summed E-state index contributed by atoms with van der Waals surface area (Å²) in [6.07, 6.45) is -0.823. The molecule has 0 bridgehead atoms. The monoisotopic (exact) mass is 313 g/mol. The van der Waals surface area contributed by atoms with Crippen molar-refractivity contribution in [2.75, 3.05) is 0 Å². The fourth-order valence-electron chi connectivity index (χ4n) is 2.44. The van der Waals surface area contributed by atoms with Crippen molar-refractivity contribution >= 4 is 11.4 Å². The number of nitro benzene ring substituents is 1. The van der Waals surface area contributed by atoms with Crippen LogP contribution >= 0.6 is 0 Å². The van der Waals surface area contributed by atoms with E-state index in [9.17, 15) is 20.2 Å². The lowest BCUT2D eigenvalue weighted by atomic mass is 9.95. The molecule has 8 nitrogen and oxygen atoms in total. The van der Waals surface area contributed by atoms with E-state index in [0.717, 1.165) is 0 Å². The molecule has 2 unspecified atom stereocenters. The Bertz CT molecular complexity index is 773. The first-order chi connectivity index (χ1) is 11.1. The predicted octanol–water partition coefficient (Wildman–Crippen LogP) is 2.72. The van der Waals surface area contributed by atoms with Crippen molar-refractivity contribution in [2.24, 2.45) is 5.16 Å². The summed E-state index contributed by atoms with van der Waals surface area (Å²) in [5, 5.41) is 26.0. The van der Waals surface area contributed by atoms with Crippen LogP contribution in [0.3, 0.4) is 0 Å². The van der Waals surface area contributed by atoms with E-state index < -0.39 is 22.0 Å². The minimum absolute atomic E-state index is 0.0921. The fourth-order valence-corrected chi connectivity index (χ4v) is 2.44. The van der Waals surface area contributed by atoms with Crippen molar-refractivity contribution in [1.29, 1.82) is 0 Å². The lowest BCUT2D eigenvalue weighted by molar-refractivity contribution is -0.512. The maximum Gasteiger partial charge on any atom is 0.301 e. The molecule has 0 spiro atoms. The number of hydrogen-bond acceptors (Lipinski definition) is 6. The number of non-ortho nitro benzene ring substituents is 1. The molecule has 0 radical (unpaired) electrons. The number of rotatable bonds is 4. The maximum atomic E-state index is 11.5. The molecule has 0 saturated heterocycles. The topological polar surface area (TPSA) is 108 Å². The molecule has 0 fully saturated rings. The van der Waals surface area contributed by atoms with E-state index in [1.165, 1.54) is 24.3 Å². The summed E-state index contributed by atoms with van der Waals surface area (Å²) in [7, 11) is 0. The Labute approximate surface area is 130 Å². The fraction of sp³-hybridized carbons (Fsp3) is 0.133. The molecular weight excluding hydrogens is 302 g/mol. The van der Waals surface area contributed by atoms with E-state index in [1.54, 1.807) is 30.3 Å². The normalized spacial score (nSPS) is 19.7. The molecule has 2 aromatic carbocycles. The first-order valence-electron chi connectivity index (χ1n) is 6.75. The number of nitrogens with zero attached hydrogens (tertiary/aromatic N) is 3. The SMILES string of the molecule is O=[N+]([O-])c1ccc(C2=NOC(c3ccccc3)C2[N+](=O)[O-])cc1. The summed E-state index contributed by atoms with van der Waals surface area (Å²) in [6.45, 7) is 0. The van der Waals surface area contributed by atoms with Crippen molar-refractivity contribution in [3.8, 4) is 0 Å². The van der Waals surface area contributed by atoms with Gasteiger partial charge in [-0.2, -0.15) is 0 Å². The molecule has 2 aromatic rings. The van der Waals surface area contributed by atoms with Crippen LogP contribution in [0.4, 0.5) is 5.69 Å². The minimum atomic E-state index is -1.17. The summed E-state index contributed by atoms with van der Waals surface area (Å²) in [4.78, 5) is 26.4. The second kappa shape index (κ2) is 5.84. The standard InChI is InChI=1S/C15H11N3O5/c19-17(20)12-8-6-10(7-9-12)13-14(18(21)22)15(23-16-13)11-4-2-1-3-5-11/h1-9,14-15H. The van der Waals surface area contributed by atoms with Crippen molar-refractivity contribution in [3.05, 3.63) is 86.0 Å². The lowest BCUT2D eigenvalue weighted by Gasteiger charge is -2.12. The molecule has 23 heavy (non-hydrogen) atoms. The molecule has 0 amide bonds. The van der Waals surface area contributed by atoms with E-state index in [1.807, 2.05) is 0 Å². The number of benzene rings is 2. The third-order valence-corrected chi connectivity index (χ3v) is 3.56. The highest BCUT2D eigenvalue weighted by Gasteiger charge is 2.45. The van der Waals surface area contributed by atoms with Gasteiger partial charge in [-0.3, -0.25) is 20.2 Å². The third kappa shape index (κ3) is 2.73. The van der Waals surface area contributed by atoms with Crippen LogP contribution in [0.1, 0.15) is 17.2 Å². The van der Waals surface area contributed by atoms with Crippen LogP contribution in [-0.4, -0.2) is 21.6 Å². The quantitative estimate of drug-likeness (QED) is 0.637. The van der Waals surface area contributed by atoms with E-state index in [-0.39, 0.29) is 11.4 Å². The van der Waals surface area contributed by atoms with E-state index in [2.05, 4.69) is 5.16 Å². The van der Waals surface area contributed by atoms with Crippen molar-refractivity contribution < 1.29 is 14.7 Å². The highest BCUT2D eigenvalue weighted by molar-refractivity contribution is 6.04. The highest BCUT2D eigenvalue weighted by atomic mass is 16.7. The van der Waals surface area contributed by atoms with Gasteiger partial charge in [-0.05, 0) is 12.1 Å². The van der Waals surface area contributed by atoms with Crippen molar-refractivity contribution in [1.82, 2.24) is 0 Å². The summed E-state index contributed by atoms with van der Waals surface area (Å²) >= 11 is 0. The predicted molar refractivity (Wildman–Crippen MR) is 80.7 cm³/mol. The average Bonchev–Trinajstić information content (AvgIpc) is 3.01. The first kappa shape index (κ1) is 14.6. The summed E-state index contributed by atoms with van der Waals surface area (Å²) in [5.74, 6) is 0. The Hall–Kier alpha value is -3.29. The van der Waals surface area contributed by atoms with Crippen LogP contribution in [-0.2, 0) is 4.84 Å². The molecule has 1 aliphatic rings. The molecule has 2 atom stereocenters. The smallest absolute Gasteiger partial charge is 0.301 e. The molecule has 8 heteroatoms. The molecule has 0 N–H and O–H groups in total. The van der Waals surface area contributed by atoms with Gasteiger partial charge in [0, 0.05) is 28.2 Å². The molecule has 0 saturated carbocycles. The Morgan fingerprint density at radius 2 is 1.61 bits per heavy atom. The van der Waals surface area contributed by atoms with Gasteiger partial charge >= 0.3 is 6.04 Å². The van der Waals surface area contributed by atoms with Crippen LogP contribution < -0.4 is 0 Å². The maximum absolute atomic E-state index is 11.5.